The van der Waals surface area contributed by atoms with Crippen molar-refractivity contribution in [1.82, 2.24) is 15.5 Å². The molecule has 2 N–H and O–H groups in total. The van der Waals surface area contributed by atoms with Gasteiger partial charge in [-0.2, -0.15) is 0 Å². The van der Waals surface area contributed by atoms with Gasteiger partial charge in [-0.25, -0.2) is 4.39 Å². The maximum absolute atomic E-state index is 13.7. The molecule has 0 aliphatic carbocycles. The van der Waals surface area contributed by atoms with Crippen molar-refractivity contribution >= 4 is 29.9 Å². The fourth-order valence-corrected chi connectivity index (χ4v) is 2.49. The van der Waals surface area contributed by atoms with Crippen molar-refractivity contribution < 1.29 is 4.39 Å². The molecule has 2 rings (SSSR count). The summed E-state index contributed by atoms with van der Waals surface area (Å²) in [5.74, 6) is 0.442. The Hall–Kier alpha value is -1.67. The SMILES string of the molecule is CCN(C)Cc1cccc(CNC(=NC)NCc2ccccc2F)c1.I. The molecule has 0 fully saturated rings. The number of nitrogens with zero attached hydrogens (tertiary/aromatic N) is 2. The monoisotopic (exact) mass is 470 g/mol. The number of rotatable bonds is 7. The van der Waals surface area contributed by atoms with Gasteiger partial charge in [0.25, 0.3) is 0 Å². The van der Waals surface area contributed by atoms with Crippen LogP contribution in [0, 0.1) is 5.82 Å². The van der Waals surface area contributed by atoms with Gasteiger partial charge in [-0.15, -0.1) is 24.0 Å². The van der Waals surface area contributed by atoms with Crippen LogP contribution in [0.3, 0.4) is 0 Å². The minimum Gasteiger partial charge on any atom is -0.352 e. The fourth-order valence-electron chi connectivity index (χ4n) is 2.49. The predicted octanol–water partition coefficient (Wildman–Crippen LogP) is 3.76. The third-order valence-electron chi connectivity index (χ3n) is 4.07. The zero-order valence-corrected chi connectivity index (χ0v) is 18.0. The molecule has 2 aromatic rings. The molecular formula is C20H28FIN4. The first-order valence-electron chi connectivity index (χ1n) is 8.56. The van der Waals surface area contributed by atoms with Crippen molar-refractivity contribution in [2.75, 3.05) is 20.6 Å². The molecule has 26 heavy (non-hydrogen) atoms. The van der Waals surface area contributed by atoms with Crippen molar-refractivity contribution in [3.8, 4) is 0 Å². The zero-order valence-electron chi connectivity index (χ0n) is 15.6. The van der Waals surface area contributed by atoms with Crippen LogP contribution in [0.1, 0.15) is 23.6 Å². The number of benzene rings is 2. The molecule has 0 amide bonds. The molecule has 0 saturated heterocycles. The Balaban J connectivity index is 0.00000338. The number of hydrogen-bond acceptors (Lipinski definition) is 2. The van der Waals surface area contributed by atoms with E-state index in [4.69, 9.17) is 0 Å². The zero-order chi connectivity index (χ0) is 18.1. The van der Waals surface area contributed by atoms with Gasteiger partial charge in [0, 0.05) is 32.2 Å². The van der Waals surface area contributed by atoms with Crippen molar-refractivity contribution in [3.05, 3.63) is 71.0 Å². The Morgan fingerprint density at radius 2 is 1.73 bits per heavy atom. The average molecular weight is 470 g/mol. The van der Waals surface area contributed by atoms with Crippen LogP contribution in [0.5, 0.6) is 0 Å². The summed E-state index contributed by atoms with van der Waals surface area (Å²) in [4.78, 5) is 6.46. The van der Waals surface area contributed by atoms with E-state index in [0.29, 0.717) is 24.6 Å². The highest BCUT2D eigenvalue weighted by Crippen LogP contribution is 2.08. The summed E-state index contributed by atoms with van der Waals surface area (Å²) >= 11 is 0. The largest absolute Gasteiger partial charge is 0.352 e. The third-order valence-corrected chi connectivity index (χ3v) is 4.07. The Morgan fingerprint density at radius 1 is 1.04 bits per heavy atom. The van der Waals surface area contributed by atoms with Crippen LogP contribution in [0.2, 0.25) is 0 Å². The Morgan fingerprint density at radius 3 is 2.42 bits per heavy atom. The third kappa shape index (κ3) is 7.29. The maximum atomic E-state index is 13.7. The summed E-state index contributed by atoms with van der Waals surface area (Å²) in [6.07, 6.45) is 0. The minimum absolute atomic E-state index is 0. The van der Waals surface area contributed by atoms with E-state index >= 15 is 0 Å². The number of hydrogen-bond donors (Lipinski definition) is 2. The van der Waals surface area contributed by atoms with Crippen LogP contribution < -0.4 is 10.6 Å². The van der Waals surface area contributed by atoms with Crippen LogP contribution in [0.25, 0.3) is 0 Å². The summed E-state index contributed by atoms with van der Waals surface area (Å²) in [6.45, 7) is 5.17. The van der Waals surface area contributed by atoms with Gasteiger partial charge in [0.05, 0.1) is 0 Å². The first-order valence-corrected chi connectivity index (χ1v) is 8.56. The smallest absolute Gasteiger partial charge is 0.191 e. The van der Waals surface area contributed by atoms with E-state index < -0.39 is 0 Å². The molecular weight excluding hydrogens is 442 g/mol. The fraction of sp³-hybridized carbons (Fsp3) is 0.350. The Bertz CT molecular complexity index is 706. The maximum Gasteiger partial charge on any atom is 0.191 e. The van der Waals surface area contributed by atoms with Crippen LogP contribution in [-0.2, 0) is 19.6 Å². The normalized spacial score (nSPS) is 11.2. The van der Waals surface area contributed by atoms with E-state index in [1.54, 1.807) is 19.2 Å². The first kappa shape index (κ1) is 22.4. The van der Waals surface area contributed by atoms with E-state index in [1.165, 1.54) is 17.2 Å². The second kappa shape index (κ2) is 11.9. The molecule has 0 spiro atoms. The van der Waals surface area contributed by atoms with Gasteiger partial charge in [0.1, 0.15) is 5.82 Å². The van der Waals surface area contributed by atoms with Crippen molar-refractivity contribution in [1.29, 1.82) is 0 Å². The Labute approximate surface area is 172 Å². The molecule has 0 heterocycles. The van der Waals surface area contributed by atoms with Crippen LogP contribution >= 0.6 is 24.0 Å². The van der Waals surface area contributed by atoms with Crippen molar-refractivity contribution in [2.24, 2.45) is 4.99 Å². The topological polar surface area (TPSA) is 39.7 Å². The van der Waals surface area contributed by atoms with Crippen molar-refractivity contribution in [2.45, 2.75) is 26.6 Å². The molecule has 0 aliphatic rings. The second-order valence-corrected chi connectivity index (χ2v) is 6.02. The molecule has 0 aliphatic heterocycles. The lowest BCUT2D eigenvalue weighted by Gasteiger charge is -2.15. The highest BCUT2D eigenvalue weighted by atomic mass is 127. The summed E-state index contributed by atoms with van der Waals surface area (Å²) in [5, 5.41) is 6.42. The molecule has 0 unspecified atom stereocenters. The van der Waals surface area contributed by atoms with E-state index in [2.05, 4.69) is 58.8 Å². The second-order valence-electron chi connectivity index (χ2n) is 6.02. The van der Waals surface area contributed by atoms with Gasteiger partial charge in [-0.05, 0) is 30.8 Å². The van der Waals surface area contributed by atoms with E-state index in [0.717, 1.165) is 13.1 Å². The highest BCUT2D eigenvalue weighted by molar-refractivity contribution is 14.0. The number of guanidine groups is 1. The predicted molar refractivity (Wildman–Crippen MR) is 117 cm³/mol. The van der Waals surface area contributed by atoms with Crippen LogP contribution in [0.4, 0.5) is 4.39 Å². The molecule has 2 aromatic carbocycles. The summed E-state index contributed by atoms with van der Waals surface area (Å²) in [7, 11) is 3.82. The molecule has 142 valence electrons. The number of aliphatic imine (C=N–C) groups is 1. The molecule has 4 nitrogen and oxygen atoms in total. The summed E-state index contributed by atoms with van der Waals surface area (Å²) in [5.41, 5.74) is 3.10. The van der Waals surface area contributed by atoms with E-state index in [1.807, 2.05) is 6.07 Å². The molecule has 0 bridgehead atoms. The molecule has 0 radical (unpaired) electrons. The van der Waals surface area contributed by atoms with Gasteiger partial charge < -0.3 is 15.5 Å². The van der Waals surface area contributed by atoms with Gasteiger partial charge in [0.2, 0.25) is 0 Å². The Kier molecular flexibility index (Phi) is 10.2. The lowest BCUT2D eigenvalue weighted by Crippen LogP contribution is -2.36. The highest BCUT2D eigenvalue weighted by Gasteiger charge is 2.04. The van der Waals surface area contributed by atoms with E-state index in [-0.39, 0.29) is 29.8 Å². The number of nitrogens with one attached hydrogen (secondary N) is 2. The lowest BCUT2D eigenvalue weighted by atomic mass is 10.1. The molecule has 0 saturated carbocycles. The van der Waals surface area contributed by atoms with Gasteiger partial charge in [0.15, 0.2) is 5.96 Å². The van der Waals surface area contributed by atoms with Gasteiger partial charge in [-0.3, -0.25) is 4.99 Å². The van der Waals surface area contributed by atoms with Crippen molar-refractivity contribution in [3.63, 3.8) is 0 Å². The standard InChI is InChI=1S/C20H27FN4.HI/c1-4-25(3)15-17-9-7-8-16(12-17)13-23-20(22-2)24-14-18-10-5-6-11-19(18)21;/h5-12H,4,13-15H2,1-3H3,(H2,22,23,24);1H. The van der Waals surface area contributed by atoms with Crippen LogP contribution in [0.15, 0.2) is 53.5 Å². The summed E-state index contributed by atoms with van der Waals surface area (Å²) in [6, 6.07) is 15.3. The first-order chi connectivity index (χ1) is 12.1. The summed E-state index contributed by atoms with van der Waals surface area (Å²) < 4.78 is 13.7. The lowest BCUT2D eigenvalue weighted by molar-refractivity contribution is 0.345. The number of halogens is 2. The molecule has 0 aromatic heterocycles. The molecule has 0 atom stereocenters. The van der Waals surface area contributed by atoms with E-state index in [9.17, 15) is 4.39 Å². The molecule has 6 heteroatoms. The quantitative estimate of drug-likeness (QED) is 0.368. The van der Waals surface area contributed by atoms with Crippen LogP contribution in [-0.4, -0.2) is 31.5 Å². The van der Waals surface area contributed by atoms with Gasteiger partial charge in [-0.1, -0.05) is 49.4 Å². The average Bonchev–Trinajstić information content (AvgIpc) is 2.63. The van der Waals surface area contributed by atoms with Gasteiger partial charge >= 0.3 is 0 Å². The minimum atomic E-state index is -0.210.